The normalized spacial score (nSPS) is 15.1. The first-order valence-corrected chi connectivity index (χ1v) is 9.30. The average molecular weight is 428 g/mol. The van der Waals surface area contributed by atoms with Crippen molar-refractivity contribution in [3.05, 3.63) is 76.1 Å². The van der Waals surface area contributed by atoms with Crippen molar-refractivity contribution in [3.63, 3.8) is 0 Å². The lowest BCUT2D eigenvalue weighted by molar-refractivity contribution is -0.123. The topological polar surface area (TPSA) is 117 Å². The van der Waals surface area contributed by atoms with Gasteiger partial charge in [0.15, 0.2) is 0 Å². The van der Waals surface area contributed by atoms with Crippen LogP contribution in [0, 0.1) is 6.92 Å². The molecule has 9 nitrogen and oxygen atoms in total. The minimum atomic E-state index is -1.94. The summed E-state index contributed by atoms with van der Waals surface area (Å²) < 4.78 is 33.5. The number of carbonyl (C=O) groups is 1. The number of ether oxygens (including phenoxy) is 1. The molecule has 11 heteroatoms. The molecule has 4 rings (SSSR count). The van der Waals surface area contributed by atoms with Crippen molar-refractivity contribution in [1.29, 1.82) is 0 Å². The maximum atomic E-state index is 12.8. The van der Waals surface area contributed by atoms with E-state index in [2.05, 4.69) is 15.4 Å². The van der Waals surface area contributed by atoms with Crippen molar-refractivity contribution in [2.75, 3.05) is 11.9 Å². The summed E-state index contributed by atoms with van der Waals surface area (Å²) >= 11 is 0. The molecule has 3 N–H and O–H groups in total. The number of amides is 1. The van der Waals surface area contributed by atoms with E-state index in [1.807, 2.05) is 0 Å². The maximum absolute atomic E-state index is 12.8. The highest BCUT2D eigenvalue weighted by Crippen LogP contribution is 2.34. The highest BCUT2D eigenvalue weighted by atomic mass is 19.3. The highest BCUT2D eigenvalue weighted by Gasteiger charge is 2.29. The standard InChI is InChI=1S/C20H18F2N6O3/c1-11-6-12(16-19(29)26-14-4-2-3-5-15(14)31-16)8-24-18(11)27-10-25-28(20(27)30)9-13(7-23)17(21)22/h2-6,8,10,16H,7,9,23H2,1H3,(H,26,29). The SMILES string of the molecule is Cc1cc(C2Oc3ccccc3NC2=O)cnc1-n1cnn(CC(CN)=C(F)F)c1=O. The minimum absolute atomic E-state index is 0.260. The van der Waals surface area contributed by atoms with Gasteiger partial charge in [0.1, 0.15) is 17.9 Å². The van der Waals surface area contributed by atoms with Crippen LogP contribution < -0.4 is 21.5 Å². The number of aromatic nitrogens is 4. The van der Waals surface area contributed by atoms with Crippen LogP contribution in [-0.2, 0) is 11.3 Å². The summed E-state index contributed by atoms with van der Waals surface area (Å²) in [7, 11) is 0. The second-order valence-electron chi connectivity index (χ2n) is 6.90. The molecule has 1 unspecified atom stereocenters. The number of fused-ring (bicyclic) bond motifs is 1. The summed E-state index contributed by atoms with van der Waals surface area (Å²) in [5.41, 5.74) is 5.93. The number of nitrogens with one attached hydrogen (secondary N) is 1. The van der Waals surface area contributed by atoms with E-state index in [0.29, 0.717) is 22.6 Å². The molecule has 0 fully saturated rings. The van der Waals surface area contributed by atoms with Crippen molar-refractivity contribution >= 4 is 11.6 Å². The zero-order valence-electron chi connectivity index (χ0n) is 16.4. The fourth-order valence-corrected chi connectivity index (χ4v) is 3.23. The number of nitrogens with two attached hydrogens (primary N) is 1. The van der Waals surface area contributed by atoms with Gasteiger partial charge in [-0.25, -0.2) is 19.0 Å². The van der Waals surface area contributed by atoms with Crippen molar-refractivity contribution in [3.8, 4) is 11.6 Å². The third-order valence-corrected chi connectivity index (χ3v) is 4.82. The summed E-state index contributed by atoms with van der Waals surface area (Å²) in [5.74, 6) is 0.456. The van der Waals surface area contributed by atoms with Crippen LogP contribution in [0.1, 0.15) is 17.2 Å². The number of carbonyl (C=O) groups excluding carboxylic acids is 1. The largest absolute Gasteiger partial charge is 0.474 e. The third-order valence-electron chi connectivity index (χ3n) is 4.82. The van der Waals surface area contributed by atoms with E-state index >= 15 is 0 Å². The summed E-state index contributed by atoms with van der Waals surface area (Å²) in [6, 6.07) is 8.74. The molecule has 160 valence electrons. The lowest BCUT2D eigenvalue weighted by atomic mass is 10.1. The Bertz CT molecular complexity index is 1250. The van der Waals surface area contributed by atoms with Gasteiger partial charge < -0.3 is 15.8 Å². The average Bonchev–Trinajstić information content (AvgIpc) is 3.11. The molecule has 0 bridgehead atoms. The molecule has 1 aliphatic heterocycles. The molecule has 1 aromatic carbocycles. The third kappa shape index (κ3) is 3.82. The number of aryl methyl sites for hydroxylation is 1. The molecule has 0 saturated carbocycles. The van der Waals surface area contributed by atoms with E-state index in [1.54, 1.807) is 37.3 Å². The Morgan fingerprint density at radius 3 is 2.77 bits per heavy atom. The van der Waals surface area contributed by atoms with Gasteiger partial charge >= 0.3 is 5.69 Å². The Labute approximate surface area is 174 Å². The number of hydrogen-bond acceptors (Lipinski definition) is 6. The van der Waals surface area contributed by atoms with Gasteiger partial charge in [-0.15, -0.1) is 0 Å². The predicted molar refractivity (Wildman–Crippen MR) is 107 cm³/mol. The Hall–Kier alpha value is -3.86. The Balaban J connectivity index is 1.63. The zero-order valence-corrected chi connectivity index (χ0v) is 16.4. The fraction of sp³-hybridized carbons (Fsp3) is 0.200. The van der Waals surface area contributed by atoms with E-state index in [9.17, 15) is 18.4 Å². The summed E-state index contributed by atoms with van der Waals surface area (Å²) in [5, 5.41) is 6.65. The molecule has 0 spiro atoms. The summed E-state index contributed by atoms with van der Waals surface area (Å²) in [4.78, 5) is 29.3. The summed E-state index contributed by atoms with van der Waals surface area (Å²) in [6.07, 6.45) is -0.215. The first-order valence-electron chi connectivity index (χ1n) is 9.30. The molecule has 1 amide bonds. The monoisotopic (exact) mass is 428 g/mol. The van der Waals surface area contributed by atoms with Crippen molar-refractivity contribution in [1.82, 2.24) is 19.3 Å². The molecule has 2 aromatic heterocycles. The van der Waals surface area contributed by atoms with Crippen LogP contribution in [0.25, 0.3) is 5.82 Å². The minimum Gasteiger partial charge on any atom is -0.474 e. The number of benzene rings is 1. The predicted octanol–water partition coefficient (Wildman–Crippen LogP) is 1.92. The van der Waals surface area contributed by atoms with Crippen LogP contribution in [0.15, 0.2) is 59.3 Å². The molecule has 0 saturated heterocycles. The summed E-state index contributed by atoms with van der Waals surface area (Å²) in [6.45, 7) is 0.897. The first kappa shape index (κ1) is 20.4. The van der Waals surface area contributed by atoms with Crippen LogP contribution in [0.2, 0.25) is 0 Å². The molecule has 0 radical (unpaired) electrons. The van der Waals surface area contributed by atoms with Crippen molar-refractivity contribution in [2.45, 2.75) is 19.6 Å². The van der Waals surface area contributed by atoms with E-state index in [4.69, 9.17) is 10.5 Å². The molecule has 3 aromatic rings. The number of para-hydroxylation sites is 2. The van der Waals surface area contributed by atoms with Gasteiger partial charge in [0.05, 0.1) is 12.2 Å². The molecule has 3 heterocycles. The fourth-order valence-electron chi connectivity index (χ4n) is 3.23. The second-order valence-corrected chi connectivity index (χ2v) is 6.90. The van der Waals surface area contributed by atoms with Crippen LogP contribution in [0.5, 0.6) is 5.75 Å². The van der Waals surface area contributed by atoms with Crippen LogP contribution >= 0.6 is 0 Å². The Morgan fingerprint density at radius 1 is 1.29 bits per heavy atom. The van der Waals surface area contributed by atoms with E-state index < -0.39 is 24.4 Å². The van der Waals surface area contributed by atoms with Gasteiger partial charge in [-0.3, -0.25) is 4.79 Å². The number of hydrogen-bond donors (Lipinski definition) is 2. The Morgan fingerprint density at radius 2 is 2.06 bits per heavy atom. The molecule has 31 heavy (non-hydrogen) atoms. The number of rotatable bonds is 5. The van der Waals surface area contributed by atoms with Crippen molar-refractivity contribution < 1.29 is 18.3 Å². The number of pyridine rings is 1. The smallest absolute Gasteiger partial charge is 0.351 e. The molecular weight excluding hydrogens is 410 g/mol. The van der Waals surface area contributed by atoms with Gasteiger partial charge in [0, 0.05) is 23.9 Å². The quantitative estimate of drug-likeness (QED) is 0.641. The van der Waals surface area contributed by atoms with Gasteiger partial charge in [-0.1, -0.05) is 12.1 Å². The zero-order chi connectivity index (χ0) is 22.1. The van der Waals surface area contributed by atoms with Gasteiger partial charge in [0.2, 0.25) is 6.10 Å². The van der Waals surface area contributed by atoms with Crippen molar-refractivity contribution in [2.24, 2.45) is 5.73 Å². The lowest BCUT2D eigenvalue weighted by Crippen LogP contribution is -2.30. The van der Waals surface area contributed by atoms with Gasteiger partial charge in [-0.2, -0.15) is 13.9 Å². The molecular formula is C20H18F2N6O3. The number of anilines is 1. The second kappa shape index (κ2) is 8.11. The lowest BCUT2D eigenvalue weighted by Gasteiger charge is -2.26. The van der Waals surface area contributed by atoms with E-state index in [-0.39, 0.29) is 23.8 Å². The van der Waals surface area contributed by atoms with Gasteiger partial charge in [0.25, 0.3) is 12.0 Å². The van der Waals surface area contributed by atoms with E-state index in [0.717, 1.165) is 9.25 Å². The number of nitrogens with zero attached hydrogens (tertiary/aromatic N) is 4. The van der Waals surface area contributed by atoms with Crippen LogP contribution in [0.4, 0.5) is 14.5 Å². The van der Waals surface area contributed by atoms with Gasteiger partial charge in [-0.05, 0) is 30.7 Å². The van der Waals surface area contributed by atoms with Crippen LogP contribution in [0.3, 0.4) is 0 Å². The van der Waals surface area contributed by atoms with E-state index in [1.165, 1.54) is 12.5 Å². The maximum Gasteiger partial charge on any atom is 0.351 e. The highest BCUT2D eigenvalue weighted by molar-refractivity contribution is 5.98. The molecule has 0 aliphatic carbocycles. The molecule has 1 aliphatic rings. The Kier molecular flexibility index (Phi) is 5.34. The first-order chi connectivity index (χ1) is 14.9. The molecule has 1 atom stereocenters. The number of halogens is 2. The van der Waals surface area contributed by atoms with Crippen LogP contribution in [-0.4, -0.2) is 31.8 Å².